The molecule has 3 heterocycles. The van der Waals surface area contributed by atoms with Gasteiger partial charge in [-0.3, -0.25) is 14.5 Å². The number of aliphatic hydroxyl groups is 1. The highest BCUT2D eigenvalue weighted by atomic mass is 79.9. The van der Waals surface area contributed by atoms with Crippen LogP contribution in [-0.4, -0.2) is 30.0 Å². The van der Waals surface area contributed by atoms with E-state index in [0.29, 0.717) is 41.5 Å². The monoisotopic (exact) mass is 587 g/mol. The summed E-state index contributed by atoms with van der Waals surface area (Å²) in [5.41, 5.74) is 2.65. The van der Waals surface area contributed by atoms with Gasteiger partial charge in [-0.05, 0) is 52.9 Å². The molecule has 1 unspecified atom stereocenters. The molecule has 0 saturated carbocycles. The first-order valence-electron chi connectivity index (χ1n) is 12.6. The number of hydrogen-bond acceptors (Lipinski definition) is 6. The van der Waals surface area contributed by atoms with Gasteiger partial charge in [0.2, 0.25) is 5.78 Å². The highest BCUT2D eigenvalue weighted by molar-refractivity contribution is 9.10. The van der Waals surface area contributed by atoms with E-state index in [1.807, 2.05) is 36.4 Å². The molecule has 2 aliphatic rings. The minimum absolute atomic E-state index is 0.0396. The van der Waals surface area contributed by atoms with E-state index in [4.69, 9.17) is 13.9 Å². The normalized spacial score (nSPS) is 17.3. The van der Waals surface area contributed by atoms with Crippen LogP contribution in [0.2, 0.25) is 0 Å². The number of aliphatic hydroxyl groups excluding tert-OH is 1. The average Bonchev–Trinajstić information content (AvgIpc) is 3.46. The molecule has 3 aromatic carbocycles. The third-order valence-corrected chi connectivity index (χ3v) is 7.54. The Labute approximate surface area is 233 Å². The fourth-order valence-corrected chi connectivity index (χ4v) is 5.40. The number of halogens is 1. The number of Topliss-reactive ketones (excluding diaryl/α,β-unsaturated/α-hetero) is 1. The predicted octanol–water partition coefficient (Wildman–Crippen LogP) is 7.05. The van der Waals surface area contributed by atoms with E-state index in [0.717, 1.165) is 15.4 Å². The zero-order chi connectivity index (χ0) is 27.5. The molecule has 0 saturated heterocycles. The van der Waals surface area contributed by atoms with Crippen LogP contribution >= 0.6 is 15.9 Å². The summed E-state index contributed by atoms with van der Waals surface area (Å²) >= 11 is 3.44. The maximum Gasteiger partial charge on any atom is 0.294 e. The molecule has 1 N–H and O–H groups in total. The molecule has 4 aromatic rings. The number of carbonyl (C=O) groups excluding carboxylic acids is 2. The molecule has 0 fully saturated rings. The van der Waals surface area contributed by atoms with Gasteiger partial charge < -0.3 is 19.0 Å². The van der Waals surface area contributed by atoms with Crippen LogP contribution in [0.3, 0.4) is 0 Å². The van der Waals surface area contributed by atoms with E-state index in [1.54, 1.807) is 30.3 Å². The summed E-state index contributed by atoms with van der Waals surface area (Å²) < 4.78 is 18.1. The first-order chi connectivity index (χ1) is 18.6. The van der Waals surface area contributed by atoms with Crippen molar-refractivity contribution in [3.05, 3.63) is 99.4 Å². The van der Waals surface area contributed by atoms with Crippen LogP contribution in [0.25, 0.3) is 11.0 Å². The molecule has 0 aliphatic carbocycles. The van der Waals surface area contributed by atoms with Gasteiger partial charge in [0.05, 0.1) is 11.6 Å². The van der Waals surface area contributed by atoms with Gasteiger partial charge >= 0.3 is 0 Å². The summed E-state index contributed by atoms with van der Waals surface area (Å²) in [6.45, 7) is 7.17. The molecule has 1 aromatic heterocycles. The smallest absolute Gasteiger partial charge is 0.294 e. The van der Waals surface area contributed by atoms with Crippen molar-refractivity contribution in [1.29, 1.82) is 0 Å². The van der Waals surface area contributed by atoms with Crippen molar-refractivity contribution < 1.29 is 28.6 Å². The molecule has 1 atom stereocenters. The van der Waals surface area contributed by atoms with Crippen molar-refractivity contribution in [3.63, 3.8) is 0 Å². The van der Waals surface area contributed by atoms with Crippen LogP contribution < -0.4 is 14.4 Å². The second-order valence-corrected chi connectivity index (χ2v) is 11.6. The number of benzene rings is 3. The largest absolute Gasteiger partial charge is 0.503 e. The minimum Gasteiger partial charge on any atom is -0.503 e. The number of nitrogens with zero attached hydrogens (tertiary/aromatic N) is 1. The van der Waals surface area contributed by atoms with Gasteiger partial charge in [-0.25, -0.2) is 0 Å². The Balaban J connectivity index is 1.48. The Morgan fingerprint density at radius 2 is 1.67 bits per heavy atom. The number of fused-ring (bicyclic) bond motifs is 2. The third kappa shape index (κ3) is 4.38. The SMILES string of the molecule is CC(C)(C)c1ccc(C2C(C(=O)c3cc4cc(Br)ccc4o3)=C(O)C(=O)N2c2ccc3c(c2)OCCO3)cc1. The van der Waals surface area contributed by atoms with Crippen LogP contribution in [0, 0.1) is 0 Å². The standard InChI is InChI=1S/C31H26BrNO6/c1-31(2,3)19-6-4-17(5-7-19)27-26(28(34)25-15-18-14-20(32)8-10-22(18)39-25)29(35)30(36)33(27)21-9-11-23-24(16-21)38-13-12-37-23/h4-11,14-16,27,35H,12-13H2,1-3H3. The Morgan fingerprint density at radius 1 is 0.949 bits per heavy atom. The van der Waals surface area contributed by atoms with E-state index in [2.05, 4.69) is 36.7 Å². The fraction of sp³-hybridized carbons (Fsp3) is 0.226. The maximum atomic E-state index is 13.9. The topological polar surface area (TPSA) is 89.2 Å². The van der Waals surface area contributed by atoms with E-state index >= 15 is 0 Å². The van der Waals surface area contributed by atoms with Gasteiger partial charge in [0.15, 0.2) is 23.0 Å². The number of amides is 1. The first-order valence-corrected chi connectivity index (χ1v) is 13.4. The molecule has 8 heteroatoms. The molecule has 2 aliphatic heterocycles. The number of furan rings is 1. The highest BCUT2D eigenvalue weighted by Crippen LogP contribution is 2.45. The molecule has 6 rings (SSSR count). The summed E-state index contributed by atoms with van der Waals surface area (Å²) in [7, 11) is 0. The number of anilines is 1. The first kappa shape index (κ1) is 25.2. The molecular weight excluding hydrogens is 562 g/mol. The molecule has 1 amide bonds. The number of hydrogen-bond donors (Lipinski definition) is 1. The highest BCUT2D eigenvalue weighted by Gasteiger charge is 2.45. The lowest BCUT2D eigenvalue weighted by Crippen LogP contribution is -2.31. The Bertz CT molecular complexity index is 1660. The van der Waals surface area contributed by atoms with Crippen LogP contribution in [0.1, 0.15) is 48.5 Å². The van der Waals surface area contributed by atoms with E-state index < -0.39 is 23.5 Å². The van der Waals surface area contributed by atoms with Crippen molar-refractivity contribution >= 4 is 44.3 Å². The van der Waals surface area contributed by atoms with E-state index in [-0.39, 0.29) is 16.7 Å². The van der Waals surface area contributed by atoms with E-state index in [9.17, 15) is 14.7 Å². The summed E-state index contributed by atoms with van der Waals surface area (Å²) in [4.78, 5) is 29.0. The molecule has 0 spiro atoms. The number of rotatable bonds is 4. The van der Waals surface area contributed by atoms with Gasteiger partial charge in [-0.15, -0.1) is 0 Å². The van der Waals surface area contributed by atoms with Crippen molar-refractivity contribution in [1.82, 2.24) is 0 Å². The van der Waals surface area contributed by atoms with Gasteiger partial charge in [-0.1, -0.05) is 61.0 Å². The Kier molecular flexibility index (Phi) is 6.03. The Morgan fingerprint density at radius 3 is 2.38 bits per heavy atom. The second-order valence-electron chi connectivity index (χ2n) is 10.7. The lowest BCUT2D eigenvalue weighted by molar-refractivity contribution is -0.117. The summed E-state index contributed by atoms with van der Waals surface area (Å²) in [5, 5.41) is 11.9. The number of carbonyl (C=O) groups is 2. The predicted molar refractivity (Wildman–Crippen MR) is 151 cm³/mol. The maximum absolute atomic E-state index is 13.9. The van der Waals surface area contributed by atoms with Crippen LogP contribution in [0.5, 0.6) is 11.5 Å². The summed E-state index contributed by atoms with van der Waals surface area (Å²) in [6, 6.07) is 19.1. The molecule has 7 nitrogen and oxygen atoms in total. The summed E-state index contributed by atoms with van der Waals surface area (Å²) in [6.07, 6.45) is 0. The molecule has 39 heavy (non-hydrogen) atoms. The van der Waals surface area contributed by atoms with Crippen molar-refractivity contribution in [2.24, 2.45) is 0 Å². The third-order valence-electron chi connectivity index (χ3n) is 7.05. The molecule has 198 valence electrons. The molecule has 0 bridgehead atoms. The lowest BCUT2D eigenvalue weighted by atomic mass is 9.85. The van der Waals surface area contributed by atoms with Gasteiger partial charge in [-0.2, -0.15) is 0 Å². The van der Waals surface area contributed by atoms with Crippen LogP contribution in [0.4, 0.5) is 5.69 Å². The van der Waals surface area contributed by atoms with Crippen molar-refractivity contribution in [2.45, 2.75) is 32.2 Å². The zero-order valence-electron chi connectivity index (χ0n) is 21.7. The van der Waals surface area contributed by atoms with E-state index in [1.165, 1.54) is 4.90 Å². The second kappa shape index (κ2) is 9.31. The van der Waals surface area contributed by atoms with Gasteiger partial charge in [0.25, 0.3) is 5.91 Å². The number of ether oxygens (including phenoxy) is 2. The van der Waals surface area contributed by atoms with Crippen molar-refractivity contribution in [3.8, 4) is 11.5 Å². The zero-order valence-corrected chi connectivity index (χ0v) is 23.2. The van der Waals surface area contributed by atoms with Crippen LogP contribution in [-0.2, 0) is 10.2 Å². The summed E-state index contributed by atoms with van der Waals surface area (Å²) in [5.74, 6) is -0.740. The number of ketones is 1. The minimum atomic E-state index is -0.887. The average molecular weight is 588 g/mol. The molecule has 0 radical (unpaired) electrons. The van der Waals surface area contributed by atoms with Gasteiger partial charge in [0.1, 0.15) is 18.8 Å². The molecular formula is C31H26BrNO6. The van der Waals surface area contributed by atoms with Crippen molar-refractivity contribution in [2.75, 3.05) is 18.1 Å². The fourth-order valence-electron chi connectivity index (χ4n) is 5.03. The lowest BCUT2D eigenvalue weighted by Gasteiger charge is -2.29. The Hall–Kier alpha value is -4.04. The van der Waals surface area contributed by atoms with Crippen LogP contribution in [0.15, 0.2) is 87.0 Å². The quantitative estimate of drug-likeness (QED) is 0.257. The van der Waals surface area contributed by atoms with Gasteiger partial charge in [0, 0.05) is 21.6 Å².